The molecule has 0 radical (unpaired) electrons. The summed E-state index contributed by atoms with van der Waals surface area (Å²) in [5.74, 6) is -1.25. The first-order valence-corrected chi connectivity index (χ1v) is 18.2. The first-order valence-electron chi connectivity index (χ1n) is 18.2. The van der Waals surface area contributed by atoms with Crippen LogP contribution in [0.4, 0.5) is 0 Å². The maximum Gasteiger partial charge on any atom is 0.328 e. The van der Waals surface area contributed by atoms with Crippen LogP contribution < -0.4 is 20.1 Å². The molecule has 0 saturated heterocycles. The van der Waals surface area contributed by atoms with E-state index in [1.165, 1.54) is 38.5 Å². The van der Waals surface area contributed by atoms with Gasteiger partial charge >= 0.3 is 11.9 Å². The Morgan fingerprint density at radius 3 is 1.30 bits per heavy atom. The number of aromatic hydroxyl groups is 2. The van der Waals surface area contributed by atoms with Gasteiger partial charge in [0.15, 0.2) is 13.2 Å². The monoisotopic (exact) mass is 770 g/mol. The van der Waals surface area contributed by atoms with E-state index >= 15 is 0 Å². The molecule has 57 heavy (non-hydrogen) atoms. The topological polar surface area (TPSA) is 170 Å². The number of benzene rings is 6. The Morgan fingerprint density at radius 2 is 0.912 bits per heavy atom. The lowest BCUT2D eigenvalue weighted by molar-refractivity contribution is -0.145. The van der Waals surface area contributed by atoms with E-state index in [-0.39, 0.29) is 24.3 Å². The third-order valence-electron chi connectivity index (χ3n) is 9.39. The van der Waals surface area contributed by atoms with E-state index in [2.05, 4.69) is 10.6 Å². The third-order valence-corrected chi connectivity index (χ3v) is 9.39. The number of esters is 2. The first-order chi connectivity index (χ1) is 27.6. The summed E-state index contributed by atoms with van der Waals surface area (Å²) in [6.07, 6.45) is 0.576. The van der Waals surface area contributed by atoms with Gasteiger partial charge in [0.2, 0.25) is 0 Å². The minimum absolute atomic E-state index is 0.0801. The Kier molecular flexibility index (Phi) is 12.9. The van der Waals surface area contributed by atoms with Crippen LogP contribution in [0.25, 0.3) is 21.5 Å². The predicted molar refractivity (Wildman–Crippen MR) is 213 cm³/mol. The van der Waals surface area contributed by atoms with Gasteiger partial charge in [-0.2, -0.15) is 0 Å². The number of phenols is 2. The average molecular weight is 771 g/mol. The number of phenolic OH excluding ortho intramolecular Hbond substituents is 2. The molecule has 0 fully saturated rings. The zero-order valence-electron chi connectivity index (χ0n) is 31.4. The normalized spacial score (nSPS) is 12.0. The van der Waals surface area contributed by atoms with Crippen LogP contribution in [0.15, 0.2) is 121 Å². The van der Waals surface area contributed by atoms with Crippen LogP contribution >= 0.6 is 0 Å². The smallest absolute Gasteiger partial charge is 0.328 e. The van der Waals surface area contributed by atoms with Crippen LogP contribution in [-0.2, 0) is 47.9 Å². The molecule has 0 bridgehead atoms. The molecule has 6 aromatic rings. The lowest BCUT2D eigenvalue weighted by Crippen LogP contribution is -2.45. The number of rotatable bonds is 16. The molecule has 12 nitrogen and oxygen atoms in total. The van der Waals surface area contributed by atoms with Gasteiger partial charge in [0.1, 0.15) is 35.1 Å². The summed E-state index contributed by atoms with van der Waals surface area (Å²) in [6, 6.07) is 33.6. The molecule has 6 aromatic carbocycles. The highest BCUT2D eigenvalue weighted by Gasteiger charge is 2.25. The lowest BCUT2D eigenvalue weighted by atomic mass is 9.97. The fourth-order valence-corrected chi connectivity index (χ4v) is 6.55. The molecule has 0 aliphatic rings. The Labute approximate surface area is 328 Å². The van der Waals surface area contributed by atoms with Crippen molar-refractivity contribution in [3.05, 3.63) is 144 Å². The zero-order valence-corrected chi connectivity index (χ0v) is 31.4. The highest BCUT2D eigenvalue weighted by atomic mass is 16.5. The van der Waals surface area contributed by atoms with E-state index in [1.807, 2.05) is 72.8 Å². The van der Waals surface area contributed by atoms with Gasteiger partial charge < -0.3 is 39.8 Å². The van der Waals surface area contributed by atoms with E-state index < -0.39 is 49.1 Å². The van der Waals surface area contributed by atoms with E-state index in [0.29, 0.717) is 29.0 Å². The van der Waals surface area contributed by atoms with Crippen molar-refractivity contribution < 1.29 is 48.3 Å². The first kappa shape index (κ1) is 39.6. The zero-order chi connectivity index (χ0) is 40.3. The molecule has 12 heteroatoms. The van der Waals surface area contributed by atoms with Crippen LogP contribution in [0.1, 0.15) is 22.3 Å². The minimum atomic E-state index is -0.993. The van der Waals surface area contributed by atoms with Gasteiger partial charge in [0.25, 0.3) is 11.8 Å². The maximum absolute atomic E-state index is 13.3. The fourth-order valence-electron chi connectivity index (χ4n) is 6.55. The van der Waals surface area contributed by atoms with Crippen molar-refractivity contribution in [2.75, 3.05) is 27.4 Å². The maximum atomic E-state index is 13.3. The Bertz CT molecular complexity index is 2210. The molecule has 292 valence electrons. The van der Waals surface area contributed by atoms with Crippen molar-refractivity contribution in [1.82, 2.24) is 10.6 Å². The van der Waals surface area contributed by atoms with Gasteiger partial charge in [-0.15, -0.1) is 0 Å². The summed E-state index contributed by atoms with van der Waals surface area (Å²) in [7, 11) is 2.49. The molecule has 2 unspecified atom stereocenters. The van der Waals surface area contributed by atoms with Crippen LogP contribution in [-0.4, -0.2) is 73.5 Å². The molecule has 0 spiro atoms. The largest absolute Gasteiger partial charge is 0.508 e. The fraction of sp³-hybridized carbons (Fsp3) is 0.200. The quantitative estimate of drug-likeness (QED) is 0.0916. The Hall–Kier alpha value is -7.08. The number of carbonyl (C=O) groups is 4. The van der Waals surface area contributed by atoms with Gasteiger partial charge in [-0.1, -0.05) is 97.1 Å². The highest BCUT2D eigenvalue weighted by Crippen LogP contribution is 2.36. The number of carbonyl (C=O) groups excluding carboxylic acids is 4. The Balaban J connectivity index is 1.23. The second kappa shape index (κ2) is 18.5. The number of hydrogen-bond donors (Lipinski definition) is 4. The van der Waals surface area contributed by atoms with Crippen LogP contribution in [0.2, 0.25) is 0 Å². The number of methoxy groups -OCH3 is 2. The van der Waals surface area contributed by atoms with E-state index in [9.17, 15) is 29.4 Å². The van der Waals surface area contributed by atoms with Crippen molar-refractivity contribution in [3.63, 3.8) is 0 Å². The summed E-state index contributed by atoms with van der Waals surface area (Å²) >= 11 is 0. The molecule has 0 heterocycles. The number of fused-ring (bicyclic) bond motifs is 2. The average Bonchev–Trinajstić information content (AvgIpc) is 3.23. The van der Waals surface area contributed by atoms with Crippen molar-refractivity contribution >= 4 is 45.3 Å². The summed E-state index contributed by atoms with van der Waals surface area (Å²) in [4.78, 5) is 51.9. The van der Waals surface area contributed by atoms with Gasteiger partial charge in [-0.05, 0) is 57.3 Å². The number of amides is 2. The molecule has 2 amide bonds. The van der Waals surface area contributed by atoms with Gasteiger partial charge in [-0.3, -0.25) is 9.59 Å². The molecule has 0 aliphatic heterocycles. The second-order valence-corrected chi connectivity index (χ2v) is 13.3. The minimum Gasteiger partial charge on any atom is -0.508 e. The van der Waals surface area contributed by atoms with Crippen molar-refractivity contribution in [2.45, 2.75) is 31.3 Å². The molecule has 6 rings (SSSR count). The third kappa shape index (κ3) is 10.2. The van der Waals surface area contributed by atoms with E-state index in [0.717, 1.165) is 32.7 Å². The van der Waals surface area contributed by atoms with Gasteiger partial charge in [0, 0.05) is 30.0 Å². The molecule has 2 atom stereocenters. The predicted octanol–water partition coefficient (Wildman–Crippen LogP) is 5.55. The number of ether oxygens (including phenoxy) is 4. The summed E-state index contributed by atoms with van der Waals surface area (Å²) in [5.41, 5.74) is 2.90. The van der Waals surface area contributed by atoms with Crippen LogP contribution in [0.3, 0.4) is 0 Å². The van der Waals surface area contributed by atoms with Gasteiger partial charge in [-0.25, -0.2) is 9.59 Å². The van der Waals surface area contributed by atoms with Gasteiger partial charge in [0.05, 0.1) is 14.2 Å². The SMILES string of the molecule is COC(=O)C(Cc1ccc(O)cc1)NC(=O)COc1c(Cc2ccc3ccccc3c2OCC(=O)NC(Cc2ccc(O)cc2)C(=O)OC)ccc2ccccc12. The van der Waals surface area contributed by atoms with Crippen molar-refractivity contribution in [2.24, 2.45) is 0 Å². The molecule has 0 aliphatic carbocycles. The summed E-state index contributed by atoms with van der Waals surface area (Å²) in [5, 5.41) is 28.0. The molecular formula is C45H42N2O10. The molecule has 4 N–H and O–H groups in total. The van der Waals surface area contributed by atoms with Crippen LogP contribution in [0.5, 0.6) is 23.0 Å². The number of nitrogens with one attached hydrogen (secondary N) is 2. The summed E-state index contributed by atoms with van der Waals surface area (Å²) < 4.78 is 22.4. The van der Waals surface area contributed by atoms with E-state index in [4.69, 9.17) is 18.9 Å². The van der Waals surface area contributed by atoms with E-state index in [1.54, 1.807) is 24.3 Å². The highest BCUT2D eigenvalue weighted by molar-refractivity contribution is 5.93. The molecular weight excluding hydrogens is 728 g/mol. The van der Waals surface area contributed by atoms with Crippen molar-refractivity contribution in [1.29, 1.82) is 0 Å². The second-order valence-electron chi connectivity index (χ2n) is 13.3. The van der Waals surface area contributed by atoms with Crippen LogP contribution in [0, 0.1) is 0 Å². The van der Waals surface area contributed by atoms with Crippen molar-refractivity contribution in [3.8, 4) is 23.0 Å². The lowest BCUT2D eigenvalue weighted by Gasteiger charge is -2.20. The summed E-state index contributed by atoms with van der Waals surface area (Å²) in [6.45, 7) is -0.812. The standard InChI is InChI=1S/C45H42N2O10/c1-54-44(52)38(23-28-11-19-34(48)20-12-28)46-40(50)26-56-42-32(17-15-30-7-3-5-9-36(30)42)25-33-18-16-31-8-4-6-10-37(31)43(33)57-27-41(51)47-39(45(53)55-2)24-29-13-21-35(49)22-14-29/h3-22,38-39,48-49H,23-27H2,1-2H3,(H,46,50)(H,47,51). The molecule has 0 aromatic heterocycles. The Morgan fingerprint density at radius 1 is 0.526 bits per heavy atom. The number of hydrogen-bond acceptors (Lipinski definition) is 10. The molecule has 0 saturated carbocycles.